The van der Waals surface area contributed by atoms with Crippen LogP contribution in [-0.4, -0.2) is 38.4 Å². The summed E-state index contributed by atoms with van der Waals surface area (Å²) in [6.07, 6.45) is 8.86. The molecule has 3 aromatic rings. The van der Waals surface area contributed by atoms with Gasteiger partial charge in [0, 0.05) is 19.3 Å². The second kappa shape index (κ2) is 8.33. The van der Waals surface area contributed by atoms with Crippen LogP contribution in [0.4, 0.5) is 0 Å². The molecular weight excluding hydrogens is 352 g/mol. The number of likely N-dealkylation sites (tertiary alicyclic amines) is 1. The van der Waals surface area contributed by atoms with Gasteiger partial charge in [-0.2, -0.15) is 0 Å². The van der Waals surface area contributed by atoms with Crippen molar-refractivity contribution in [3.63, 3.8) is 0 Å². The average molecular weight is 376 g/mol. The van der Waals surface area contributed by atoms with E-state index in [1.54, 1.807) is 18.5 Å². The third-order valence-corrected chi connectivity index (χ3v) is 5.58. The molecule has 6 nitrogen and oxygen atoms in total. The van der Waals surface area contributed by atoms with E-state index < -0.39 is 0 Å². The molecule has 0 aliphatic carbocycles. The number of rotatable bonds is 5. The van der Waals surface area contributed by atoms with Crippen molar-refractivity contribution in [2.75, 3.05) is 13.1 Å². The Balaban J connectivity index is 1.32. The lowest BCUT2D eigenvalue weighted by Gasteiger charge is -2.32. The van der Waals surface area contributed by atoms with Gasteiger partial charge in [-0.25, -0.2) is 4.98 Å². The van der Waals surface area contributed by atoms with E-state index in [9.17, 15) is 9.59 Å². The summed E-state index contributed by atoms with van der Waals surface area (Å²) in [5, 5.41) is 0.491. The first-order valence-electron chi connectivity index (χ1n) is 9.81. The Labute approximate surface area is 163 Å². The maximum atomic E-state index is 12.7. The van der Waals surface area contributed by atoms with E-state index in [-0.39, 0.29) is 18.0 Å². The minimum Gasteiger partial charge on any atom is -0.341 e. The summed E-state index contributed by atoms with van der Waals surface area (Å²) in [6.45, 7) is 1.56. The van der Waals surface area contributed by atoms with Gasteiger partial charge in [0.05, 0.1) is 23.4 Å². The predicted molar refractivity (Wildman–Crippen MR) is 108 cm³/mol. The third-order valence-electron chi connectivity index (χ3n) is 5.58. The van der Waals surface area contributed by atoms with Gasteiger partial charge >= 0.3 is 0 Å². The van der Waals surface area contributed by atoms with Gasteiger partial charge in [0.2, 0.25) is 5.91 Å². The van der Waals surface area contributed by atoms with Crippen LogP contribution in [0.15, 0.2) is 59.9 Å². The van der Waals surface area contributed by atoms with Gasteiger partial charge in [0.25, 0.3) is 5.56 Å². The molecule has 0 bridgehead atoms. The fraction of sp³-hybridized carbons (Fsp3) is 0.364. The highest BCUT2D eigenvalue weighted by molar-refractivity contribution is 5.78. The summed E-state index contributed by atoms with van der Waals surface area (Å²) < 4.78 is 1.39. The first-order chi connectivity index (χ1) is 13.7. The van der Waals surface area contributed by atoms with E-state index in [1.807, 2.05) is 11.0 Å². The summed E-state index contributed by atoms with van der Waals surface area (Å²) in [5.74, 6) is 0.639. The van der Waals surface area contributed by atoms with Crippen LogP contribution >= 0.6 is 0 Å². The summed E-state index contributed by atoms with van der Waals surface area (Å²) in [4.78, 5) is 35.3. The maximum Gasteiger partial charge on any atom is 0.261 e. The second-order valence-electron chi connectivity index (χ2n) is 7.42. The lowest BCUT2D eigenvalue weighted by atomic mass is 9.90. The van der Waals surface area contributed by atoms with Gasteiger partial charge in [0.15, 0.2) is 0 Å². The Morgan fingerprint density at radius 3 is 2.68 bits per heavy atom. The molecule has 1 aliphatic heterocycles. The van der Waals surface area contributed by atoms with Gasteiger partial charge in [-0.3, -0.25) is 19.1 Å². The molecule has 3 heterocycles. The number of carbonyl (C=O) groups is 1. The van der Waals surface area contributed by atoms with Crippen molar-refractivity contribution in [1.29, 1.82) is 0 Å². The molecule has 1 saturated heterocycles. The minimum atomic E-state index is -0.196. The minimum absolute atomic E-state index is 0.0150. The van der Waals surface area contributed by atoms with Crippen LogP contribution in [0.1, 0.15) is 24.8 Å². The fourth-order valence-electron chi connectivity index (χ4n) is 3.85. The van der Waals surface area contributed by atoms with Gasteiger partial charge in [-0.1, -0.05) is 30.3 Å². The maximum absolute atomic E-state index is 12.7. The topological polar surface area (TPSA) is 68.1 Å². The molecule has 1 fully saturated rings. The fourth-order valence-corrected chi connectivity index (χ4v) is 3.85. The molecule has 6 heteroatoms. The Morgan fingerprint density at radius 1 is 1.11 bits per heavy atom. The van der Waals surface area contributed by atoms with Gasteiger partial charge in [-0.15, -0.1) is 0 Å². The molecule has 1 aliphatic rings. The lowest BCUT2D eigenvalue weighted by Crippen LogP contribution is -2.41. The number of piperidine rings is 1. The number of pyridine rings is 1. The second-order valence-corrected chi connectivity index (χ2v) is 7.42. The van der Waals surface area contributed by atoms with Crippen molar-refractivity contribution in [2.45, 2.75) is 32.2 Å². The molecule has 0 N–H and O–H groups in total. The summed E-state index contributed by atoms with van der Waals surface area (Å²) in [7, 11) is 0. The van der Waals surface area contributed by atoms with Crippen LogP contribution in [0.25, 0.3) is 10.9 Å². The van der Waals surface area contributed by atoms with E-state index in [0.717, 1.165) is 38.8 Å². The molecule has 4 rings (SSSR count). The van der Waals surface area contributed by atoms with Crippen LogP contribution in [0.5, 0.6) is 0 Å². The Bertz CT molecular complexity index is 1010. The van der Waals surface area contributed by atoms with Gasteiger partial charge in [-0.05, 0) is 43.2 Å². The van der Waals surface area contributed by atoms with Crippen molar-refractivity contribution in [3.05, 3.63) is 71.0 Å². The largest absolute Gasteiger partial charge is 0.341 e. The first-order valence-corrected chi connectivity index (χ1v) is 9.81. The van der Waals surface area contributed by atoms with Gasteiger partial charge < -0.3 is 4.90 Å². The number of benzene rings is 1. The Kier molecular flexibility index (Phi) is 5.46. The molecule has 1 aromatic carbocycles. The molecule has 1 amide bonds. The highest BCUT2D eigenvalue weighted by Gasteiger charge is 2.23. The molecule has 0 radical (unpaired) electrons. The highest BCUT2D eigenvalue weighted by atomic mass is 16.2. The van der Waals surface area contributed by atoms with E-state index in [0.29, 0.717) is 16.8 Å². The van der Waals surface area contributed by atoms with Crippen molar-refractivity contribution in [3.8, 4) is 0 Å². The molecule has 144 valence electrons. The van der Waals surface area contributed by atoms with Crippen molar-refractivity contribution in [2.24, 2.45) is 5.92 Å². The Hall–Kier alpha value is -3.02. The summed E-state index contributed by atoms with van der Waals surface area (Å²) in [5.41, 5.74) is 1.73. The summed E-state index contributed by atoms with van der Waals surface area (Å²) in [6, 6.07) is 12.2. The molecule has 0 spiro atoms. The van der Waals surface area contributed by atoms with E-state index in [2.05, 4.69) is 34.2 Å². The first kappa shape index (κ1) is 18.3. The number of aromatic nitrogens is 3. The monoisotopic (exact) mass is 376 g/mol. The SMILES string of the molecule is O=C(Cn1cnc2cnccc2c1=O)N1CCC(CCc2ccccc2)CC1. The van der Waals surface area contributed by atoms with Crippen LogP contribution in [0.2, 0.25) is 0 Å². The van der Waals surface area contributed by atoms with Gasteiger partial charge in [0.1, 0.15) is 6.54 Å². The van der Waals surface area contributed by atoms with E-state index >= 15 is 0 Å². The zero-order valence-electron chi connectivity index (χ0n) is 15.8. The number of nitrogens with zero attached hydrogens (tertiary/aromatic N) is 4. The zero-order chi connectivity index (χ0) is 19.3. The standard InChI is InChI=1S/C22H24N4O2/c27-21(15-26-16-24-20-14-23-11-8-19(20)22(26)28)25-12-9-18(10-13-25)7-6-17-4-2-1-3-5-17/h1-5,8,11,14,16,18H,6-7,9-10,12-13,15H2. The predicted octanol–water partition coefficient (Wildman–Crippen LogP) is 2.66. The smallest absolute Gasteiger partial charge is 0.261 e. The van der Waals surface area contributed by atoms with Crippen LogP contribution in [-0.2, 0) is 17.8 Å². The Morgan fingerprint density at radius 2 is 1.89 bits per heavy atom. The third kappa shape index (κ3) is 4.11. The number of fused-ring (bicyclic) bond motifs is 1. The summed E-state index contributed by atoms with van der Waals surface area (Å²) >= 11 is 0. The molecule has 0 atom stereocenters. The molecule has 2 aromatic heterocycles. The quantitative estimate of drug-likeness (QED) is 0.687. The highest BCUT2D eigenvalue weighted by Crippen LogP contribution is 2.22. The van der Waals surface area contributed by atoms with Crippen molar-refractivity contribution < 1.29 is 4.79 Å². The number of aryl methyl sites for hydroxylation is 1. The van der Waals surface area contributed by atoms with E-state index in [4.69, 9.17) is 0 Å². The average Bonchev–Trinajstić information content (AvgIpc) is 2.75. The van der Waals surface area contributed by atoms with Crippen molar-refractivity contribution in [1.82, 2.24) is 19.4 Å². The van der Waals surface area contributed by atoms with Crippen LogP contribution < -0.4 is 5.56 Å². The van der Waals surface area contributed by atoms with Crippen LogP contribution in [0, 0.1) is 5.92 Å². The van der Waals surface area contributed by atoms with Crippen molar-refractivity contribution >= 4 is 16.8 Å². The van der Waals surface area contributed by atoms with Crippen LogP contribution in [0.3, 0.4) is 0 Å². The number of hydrogen-bond acceptors (Lipinski definition) is 4. The van der Waals surface area contributed by atoms with E-state index in [1.165, 1.54) is 16.5 Å². The number of amides is 1. The molecule has 28 heavy (non-hydrogen) atoms. The number of hydrogen-bond donors (Lipinski definition) is 0. The number of carbonyl (C=O) groups excluding carboxylic acids is 1. The molecular formula is C22H24N4O2. The molecule has 0 saturated carbocycles. The molecule has 0 unspecified atom stereocenters. The normalized spacial score (nSPS) is 15.1. The lowest BCUT2D eigenvalue weighted by molar-refractivity contribution is -0.133. The zero-order valence-corrected chi connectivity index (χ0v) is 15.8.